The zero-order chi connectivity index (χ0) is 18.7. The second-order valence-corrected chi connectivity index (χ2v) is 6.02. The van der Waals surface area contributed by atoms with Crippen molar-refractivity contribution in [3.8, 4) is 11.5 Å². The summed E-state index contributed by atoms with van der Waals surface area (Å²) in [6, 6.07) is 12.5. The average Bonchev–Trinajstić information content (AvgIpc) is 3.10. The first-order chi connectivity index (χ1) is 12.5. The number of esters is 1. The highest BCUT2D eigenvalue weighted by atomic mass is 16.5. The number of rotatable bonds is 5. The lowest BCUT2D eigenvalue weighted by Gasteiger charge is -2.21. The SMILES string of the molecule is COc1cc(OC)cc(C(=O)OC(C)C(=O)N2CCc3ccccc32)c1. The highest BCUT2D eigenvalue weighted by Crippen LogP contribution is 2.28. The third-order valence-electron chi connectivity index (χ3n) is 4.37. The second-order valence-electron chi connectivity index (χ2n) is 6.02. The van der Waals surface area contributed by atoms with Gasteiger partial charge in [-0.3, -0.25) is 4.79 Å². The van der Waals surface area contributed by atoms with Crippen molar-refractivity contribution in [1.29, 1.82) is 0 Å². The summed E-state index contributed by atoms with van der Waals surface area (Å²) in [5, 5.41) is 0. The first-order valence-corrected chi connectivity index (χ1v) is 8.37. The van der Waals surface area contributed by atoms with Crippen LogP contribution in [0, 0.1) is 0 Å². The highest BCUT2D eigenvalue weighted by molar-refractivity contribution is 6.00. The molecule has 0 saturated carbocycles. The topological polar surface area (TPSA) is 65.1 Å². The fraction of sp³-hybridized carbons (Fsp3) is 0.300. The normalized spacial score (nSPS) is 13.7. The number of hydrogen-bond donors (Lipinski definition) is 0. The summed E-state index contributed by atoms with van der Waals surface area (Å²) in [4.78, 5) is 26.8. The van der Waals surface area contributed by atoms with E-state index < -0.39 is 12.1 Å². The Balaban J connectivity index is 1.73. The van der Waals surface area contributed by atoms with Crippen molar-refractivity contribution in [3.05, 3.63) is 53.6 Å². The Hall–Kier alpha value is -3.02. The number of anilines is 1. The molecule has 26 heavy (non-hydrogen) atoms. The predicted molar refractivity (Wildman–Crippen MR) is 96.9 cm³/mol. The maximum atomic E-state index is 12.7. The van der Waals surface area contributed by atoms with Gasteiger partial charge in [0.25, 0.3) is 5.91 Å². The van der Waals surface area contributed by atoms with Crippen LogP contribution in [0.3, 0.4) is 0 Å². The molecule has 1 unspecified atom stereocenters. The molecule has 0 N–H and O–H groups in total. The Labute approximate surface area is 152 Å². The van der Waals surface area contributed by atoms with Crippen LogP contribution < -0.4 is 14.4 Å². The second kappa shape index (κ2) is 7.47. The van der Waals surface area contributed by atoms with Crippen molar-refractivity contribution in [2.24, 2.45) is 0 Å². The van der Waals surface area contributed by atoms with Gasteiger partial charge in [-0.2, -0.15) is 0 Å². The molecule has 1 heterocycles. The van der Waals surface area contributed by atoms with Crippen molar-refractivity contribution in [1.82, 2.24) is 0 Å². The smallest absolute Gasteiger partial charge is 0.339 e. The quantitative estimate of drug-likeness (QED) is 0.772. The molecule has 6 nitrogen and oxygen atoms in total. The van der Waals surface area contributed by atoms with Gasteiger partial charge in [-0.05, 0) is 37.1 Å². The van der Waals surface area contributed by atoms with E-state index in [-0.39, 0.29) is 11.5 Å². The van der Waals surface area contributed by atoms with E-state index in [0.29, 0.717) is 18.0 Å². The van der Waals surface area contributed by atoms with Gasteiger partial charge in [0.15, 0.2) is 6.10 Å². The molecule has 0 aliphatic carbocycles. The Morgan fingerprint density at radius 1 is 1.04 bits per heavy atom. The molecule has 136 valence electrons. The van der Waals surface area contributed by atoms with E-state index in [0.717, 1.165) is 17.7 Å². The first kappa shape index (κ1) is 17.8. The largest absolute Gasteiger partial charge is 0.497 e. The number of fused-ring (bicyclic) bond motifs is 1. The molecule has 6 heteroatoms. The summed E-state index contributed by atoms with van der Waals surface area (Å²) in [6.07, 6.45) is -0.0961. The summed E-state index contributed by atoms with van der Waals surface area (Å²) >= 11 is 0. The van der Waals surface area contributed by atoms with Crippen molar-refractivity contribution in [3.63, 3.8) is 0 Å². The van der Waals surface area contributed by atoms with E-state index in [9.17, 15) is 9.59 Å². The fourth-order valence-corrected chi connectivity index (χ4v) is 2.99. The number of nitrogens with zero attached hydrogens (tertiary/aromatic N) is 1. The van der Waals surface area contributed by atoms with Crippen LogP contribution in [0.4, 0.5) is 5.69 Å². The minimum Gasteiger partial charge on any atom is -0.497 e. The maximum absolute atomic E-state index is 12.7. The van der Waals surface area contributed by atoms with Gasteiger partial charge in [0.05, 0.1) is 19.8 Å². The van der Waals surface area contributed by atoms with Crippen molar-refractivity contribution in [2.75, 3.05) is 25.7 Å². The van der Waals surface area contributed by atoms with Crippen molar-refractivity contribution < 1.29 is 23.8 Å². The van der Waals surface area contributed by atoms with E-state index in [2.05, 4.69) is 0 Å². The van der Waals surface area contributed by atoms with Crippen molar-refractivity contribution in [2.45, 2.75) is 19.4 Å². The number of hydrogen-bond acceptors (Lipinski definition) is 5. The highest BCUT2D eigenvalue weighted by Gasteiger charge is 2.30. The molecule has 0 bridgehead atoms. The van der Waals surface area contributed by atoms with Gasteiger partial charge in [-0.1, -0.05) is 18.2 Å². The van der Waals surface area contributed by atoms with E-state index in [1.807, 2.05) is 24.3 Å². The number of carbonyl (C=O) groups is 2. The van der Waals surface area contributed by atoms with E-state index in [4.69, 9.17) is 14.2 Å². The maximum Gasteiger partial charge on any atom is 0.339 e. The van der Waals surface area contributed by atoms with E-state index in [1.165, 1.54) is 14.2 Å². The summed E-state index contributed by atoms with van der Waals surface area (Å²) in [5.74, 6) is 0.112. The Kier molecular flexibility index (Phi) is 5.11. The summed E-state index contributed by atoms with van der Waals surface area (Å²) < 4.78 is 15.7. The first-order valence-electron chi connectivity index (χ1n) is 8.37. The number of benzene rings is 2. The standard InChI is InChI=1S/C20H21NO5/c1-13(19(22)21-9-8-14-6-4-5-7-18(14)21)26-20(23)15-10-16(24-2)12-17(11-15)25-3/h4-7,10-13H,8-9H2,1-3H3. The molecule has 0 saturated heterocycles. The lowest BCUT2D eigenvalue weighted by Crippen LogP contribution is -2.39. The number of amides is 1. The van der Waals surface area contributed by atoms with Gasteiger partial charge in [-0.15, -0.1) is 0 Å². The Morgan fingerprint density at radius 2 is 1.69 bits per heavy atom. The van der Waals surface area contributed by atoms with Crippen LogP contribution in [-0.4, -0.2) is 38.7 Å². The van der Waals surface area contributed by atoms with E-state index in [1.54, 1.807) is 30.0 Å². The minimum absolute atomic E-state index is 0.238. The zero-order valence-electron chi connectivity index (χ0n) is 15.0. The van der Waals surface area contributed by atoms with E-state index >= 15 is 0 Å². The fourth-order valence-electron chi connectivity index (χ4n) is 2.99. The van der Waals surface area contributed by atoms with Gasteiger partial charge >= 0.3 is 5.97 Å². The van der Waals surface area contributed by atoms with Crippen molar-refractivity contribution >= 4 is 17.6 Å². The number of carbonyl (C=O) groups excluding carboxylic acids is 2. The molecular weight excluding hydrogens is 334 g/mol. The summed E-state index contributed by atoms with van der Waals surface area (Å²) in [7, 11) is 3.00. The van der Waals surface area contributed by atoms with Crippen LogP contribution in [0.15, 0.2) is 42.5 Å². The third-order valence-corrected chi connectivity index (χ3v) is 4.37. The molecule has 1 aliphatic heterocycles. The molecule has 2 aromatic rings. The third kappa shape index (κ3) is 3.49. The van der Waals surface area contributed by atoms with Crippen LogP contribution >= 0.6 is 0 Å². The monoisotopic (exact) mass is 355 g/mol. The molecule has 2 aromatic carbocycles. The molecule has 1 amide bonds. The Bertz CT molecular complexity index is 810. The summed E-state index contributed by atoms with van der Waals surface area (Å²) in [6.45, 7) is 2.17. The van der Waals surface area contributed by atoms with Crippen LogP contribution in [0.2, 0.25) is 0 Å². The van der Waals surface area contributed by atoms with Crippen LogP contribution in [0.25, 0.3) is 0 Å². The molecule has 0 fully saturated rings. The van der Waals surface area contributed by atoms with Gasteiger partial charge in [0.1, 0.15) is 11.5 Å². The molecule has 0 radical (unpaired) electrons. The Morgan fingerprint density at radius 3 is 2.35 bits per heavy atom. The molecule has 1 atom stereocenters. The molecular formula is C20H21NO5. The number of para-hydroxylation sites is 1. The number of ether oxygens (including phenoxy) is 3. The van der Waals surface area contributed by atoms with Crippen LogP contribution in [0.5, 0.6) is 11.5 Å². The van der Waals surface area contributed by atoms with Crippen LogP contribution in [0.1, 0.15) is 22.8 Å². The van der Waals surface area contributed by atoms with Gasteiger partial charge in [0, 0.05) is 18.3 Å². The summed E-state index contributed by atoms with van der Waals surface area (Å²) in [5.41, 5.74) is 2.27. The van der Waals surface area contributed by atoms with Gasteiger partial charge in [0.2, 0.25) is 0 Å². The van der Waals surface area contributed by atoms with Gasteiger partial charge in [-0.25, -0.2) is 4.79 Å². The minimum atomic E-state index is -0.897. The lowest BCUT2D eigenvalue weighted by molar-refractivity contribution is -0.126. The molecule has 0 aromatic heterocycles. The lowest BCUT2D eigenvalue weighted by atomic mass is 10.2. The number of methoxy groups -OCH3 is 2. The molecule has 3 rings (SSSR count). The van der Waals surface area contributed by atoms with Crippen LogP contribution in [-0.2, 0) is 16.0 Å². The predicted octanol–water partition coefficient (Wildman–Crippen LogP) is 2.84. The average molecular weight is 355 g/mol. The zero-order valence-corrected chi connectivity index (χ0v) is 15.0. The molecule has 0 spiro atoms. The molecule has 1 aliphatic rings. The van der Waals surface area contributed by atoms with Gasteiger partial charge < -0.3 is 19.1 Å².